The Kier molecular flexibility index (Phi) is 5.16. The summed E-state index contributed by atoms with van der Waals surface area (Å²) in [5, 5.41) is 11.5. The Morgan fingerprint density at radius 2 is 1.85 bits per heavy atom. The predicted molar refractivity (Wildman–Crippen MR) is 128 cm³/mol. The highest BCUT2D eigenvalue weighted by molar-refractivity contribution is 5.84. The second kappa shape index (κ2) is 8.59. The summed E-state index contributed by atoms with van der Waals surface area (Å²) in [7, 11) is 0. The molecule has 166 valence electrons. The highest BCUT2D eigenvalue weighted by Gasteiger charge is 2.20. The van der Waals surface area contributed by atoms with Gasteiger partial charge in [-0.2, -0.15) is 0 Å². The number of fused-ring (bicyclic) bond motifs is 1. The minimum atomic E-state index is 0.510. The molecule has 0 aromatic carbocycles. The Morgan fingerprint density at radius 1 is 0.970 bits per heavy atom. The van der Waals surface area contributed by atoms with Gasteiger partial charge in [-0.3, -0.25) is 0 Å². The van der Waals surface area contributed by atoms with E-state index in [0.29, 0.717) is 5.95 Å². The number of allylic oxidation sites excluding steroid dienone is 2. The molecule has 1 aliphatic heterocycles. The average Bonchev–Trinajstić information content (AvgIpc) is 3.53. The molecule has 0 saturated carbocycles. The molecule has 0 amide bonds. The number of nitrogens with one attached hydrogen (secondary N) is 2. The van der Waals surface area contributed by atoms with Crippen LogP contribution in [-0.2, 0) is 0 Å². The number of anilines is 3. The molecule has 1 saturated heterocycles. The molecular weight excluding hydrogens is 414 g/mol. The van der Waals surface area contributed by atoms with Gasteiger partial charge in [-0.15, -0.1) is 5.10 Å². The first kappa shape index (κ1) is 19.8. The Bertz CT molecular complexity index is 1290. The fraction of sp³-hybridized carbons (Fsp3) is 0.292. The van der Waals surface area contributed by atoms with Gasteiger partial charge in [-0.25, -0.2) is 24.5 Å². The number of pyridine rings is 1. The van der Waals surface area contributed by atoms with Gasteiger partial charge in [-0.05, 0) is 43.0 Å². The van der Waals surface area contributed by atoms with Crippen LogP contribution >= 0.6 is 0 Å². The summed E-state index contributed by atoms with van der Waals surface area (Å²) in [4.78, 5) is 19.9. The largest absolute Gasteiger partial charge is 0.368 e. The second-order valence-corrected chi connectivity index (χ2v) is 8.34. The Labute approximate surface area is 191 Å². The van der Waals surface area contributed by atoms with Crippen LogP contribution in [0.2, 0.25) is 0 Å². The lowest BCUT2D eigenvalue weighted by atomic mass is 10.0. The van der Waals surface area contributed by atoms with E-state index in [1.54, 1.807) is 6.33 Å². The molecule has 5 heterocycles. The van der Waals surface area contributed by atoms with Gasteiger partial charge >= 0.3 is 0 Å². The second-order valence-electron chi connectivity index (χ2n) is 8.34. The molecular formula is C24H25N9. The van der Waals surface area contributed by atoms with Crippen LogP contribution in [0, 0.1) is 0 Å². The maximum Gasteiger partial charge on any atom is 0.246 e. The molecule has 0 bridgehead atoms. The van der Waals surface area contributed by atoms with Crippen molar-refractivity contribution < 1.29 is 0 Å². The average molecular weight is 440 g/mol. The van der Waals surface area contributed by atoms with Crippen LogP contribution in [0.15, 0.2) is 55.4 Å². The van der Waals surface area contributed by atoms with Crippen LogP contribution < -0.4 is 15.5 Å². The summed E-state index contributed by atoms with van der Waals surface area (Å²) >= 11 is 0. The molecule has 1 fully saturated rings. The quantitative estimate of drug-likeness (QED) is 0.489. The molecule has 9 heteroatoms. The number of piperazine rings is 1. The fourth-order valence-electron chi connectivity index (χ4n) is 4.56. The first-order chi connectivity index (χ1) is 16.3. The standard InChI is InChI=1S/C24H25N9/c1-2-4-17(3-1)23-21(18-12-26-16-27-13-18)11-20-15-29-24(31-33(20)23)30-22-6-5-19(14-28-22)32-9-7-25-8-10-32/h3,5-6,11-16,25H,1-2,4,7-10H2,(H,28,30,31). The zero-order chi connectivity index (χ0) is 22.0. The van der Waals surface area contributed by atoms with Crippen molar-refractivity contribution in [1.82, 2.24) is 34.9 Å². The van der Waals surface area contributed by atoms with Crippen LogP contribution in [0.3, 0.4) is 0 Å². The van der Waals surface area contributed by atoms with E-state index in [-0.39, 0.29) is 0 Å². The third-order valence-corrected chi connectivity index (χ3v) is 6.20. The minimum Gasteiger partial charge on any atom is -0.368 e. The van der Waals surface area contributed by atoms with Crippen LogP contribution in [-0.4, -0.2) is 55.7 Å². The molecule has 2 aliphatic rings. The Balaban J connectivity index is 1.33. The van der Waals surface area contributed by atoms with Crippen molar-refractivity contribution >= 4 is 28.5 Å². The summed E-state index contributed by atoms with van der Waals surface area (Å²) in [6.45, 7) is 3.99. The summed E-state index contributed by atoms with van der Waals surface area (Å²) in [5.74, 6) is 1.23. The molecule has 1 aliphatic carbocycles. The van der Waals surface area contributed by atoms with Crippen molar-refractivity contribution in [2.75, 3.05) is 36.4 Å². The summed E-state index contributed by atoms with van der Waals surface area (Å²) < 4.78 is 1.98. The number of hydrogen-bond donors (Lipinski definition) is 2. The fourth-order valence-corrected chi connectivity index (χ4v) is 4.56. The first-order valence-electron chi connectivity index (χ1n) is 11.4. The van der Waals surface area contributed by atoms with Crippen molar-refractivity contribution in [3.8, 4) is 11.1 Å². The van der Waals surface area contributed by atoms with Crippen LogP contribution in [0.5, 0.6) is 0 Å². The molecule has 0 unspecified atom stereocenters. The van der Waals surface area contributed by atoms with Crippen LogP contribution in [0.1, 0.15) is 25.0 Å². The normalized spacial score (nSPS) is 16.2. The van der Waals surface area contributed by atoms with Crippen molar-refractivity contribution in [3.05, 3.63) is 61.1 Å². The van der Waals surface area contributed by atoms with Gasteiger partial charge in [0.2, 0.25) is 5.95 Å². The van der Waals surface area contributed by atoms with Gasteiger partial charge in [0.25, 0.3) is 0 Å². The van der Waals surface area contributed by atoms with Crippen molar-refractivity contribution in [1.29, 1.82) is 0 Å². The molecule has 6 rings (SSSR count). The molecule has 33 heavy (non-hydrogen) atoms. The summed E-state index contributed by atoms with van der Waals surface area (Å²) in [6, 6.07) is 6.18. The van der Waals surface area contributed by atoms with E-state index in [1.807, 2.05) is 35.4 Å². The SMILES string of the molecule is C1=C(c2c(-c3cncnc3)cc3cnc(Nc4ccc(N5CCNCC5)cn4)nn23)CCC1. The highest BCUT2D eigenvalue weighted by Crippen LogP contribution is 2.36. The van der Waals surface area contributed by atoms with E-state index in [9.17, 15) is 0 Å². The number of aromatic nitrogens is 6. The third kappa shape index (κ3) is 3.91. The van der Waals surface area contributed by atoms with Gasteiger partial charge < -0.3 is 15.5 Å². The molecule has 9 nitrogen and oxygen atoms in total. The van der Waals surface area contributed by atoms with E-state index < -0.39 is 0 Å². The summed E-state index contributed by atoms with van der Waals surface area (Å²) in [5.41, 5.74) is 6.51. The van der Waals surface area contributed by atoms with Crippen molar-refractivity contribution in [3.63, 3.8) is 0 Å². The van der Waals surface area contributed by atoms with Gasteiger partial charge in [-0.1, -0.05) is 6.08 Å². The van der Waals surface area contributed by atoms with E-state index in [4.69, 9.17) is 5.10 Å². The maximum absolute atomic E-state index is 4.83. The minimum absolute atomic E-state index is 0.510. The van der Waals surface area contributed by atoms with E-state index in [2.05, 4.69) is 53.7 Å². The Hall–Kier alpha value is -3.85. The molecule has 4 aromatic heterocycles. The molecule has 0 atom stereocenters. The molecule has 2 N–H and O–H groups in total. The van der Waals surface area contributed by atoms with E-state index in [1.165, 1.54) is 5.57 Å². The number of rotatable bonds is 5. The van der Waals surface area contributed by atoms with Crippen LogP contribution in [0.25, 0.3) is 22.2 Å². The summed E-state index contributed by atoms with van der Waals surface area (Å²) in [6.07, 6.45) is 14.6. The van der Waals surface area contributed by atoms with Gasteiger partial charge in [0.15, 0.2) is 0 Å². The number of nitrogens with zero attached hydrogens (tertiary/aromatic N) is 7. The first-order valence-corrected chi connectivity index (χ1v) is 11.4. The van der Waals surface area contributed by atoms with Gasteiger partial charge in [0, 0.05) is 49.7 Å². The highest BCUT2D eigenvalue weighted by atomic mass is 15.3. The zero-order valence-corrected chi connectivity index (χ0v) is 18.3. The maximum atomic E-state index is 4.83. The smallest absolute Gasteiger partial charge is 0.246 e. The van der Waals surface area contributed by atoms with Crippen molar-refractivity contribution in [2.24, 2.45) is 0 Å². The lowest BCUT2D eigenvalue weighted by Crippen LogP contribution is -2.43. The Morgan fingerprint density at radius 3 is 2.61 bits per heavy atom. The topological polar surface area (TPSA) is 96.2 Å². The van der Waals surface area contributed by atoms with E-state index in [0.717, 1.165) is 79.3 Å². The predicted octanol–water partition coefficient (Wildman–Crippen LogP) is 3.30. The van der Waals surface area contributed by atoms with E-state index >= 15 is 0 Å². The number of hydrogen-bond acceptors (Lipinski definition) is 8. The zero-order valence-electron chi connectivity index (χ0n) is 18.3. The van der Waals surface area contributed by atoms with Crippen LogP contribution in [0.4, 0.5) is 17.5 Å². The lowest BCUT2D eigenvalue weighted by Gasteiger charge is -2.29. The van der Waals surface area contributed by atoms with Gasteiger partial charge in [0.05, 0.1) is 29.3 Å². The van der Waals surface area contributed by atoms with Gasteiger partial charge in [0.1, 0.15) is 12.1 Å². The molecule has 4 aromatic rings. The van der Waals surface area contributed by atoms with Crippen molar-refractivity contribution in [2.45, 2.75) is 19.3 Å². The third-order valence-electron chi connectivity index (χ3n) is 6.20. The molecule has 0 radical (unpaired) electrons. The molecule has 0 spiro atoms. The monoisotopic (exact) mass is 439 g/mol. The lowest BCUT2D eigenvalue weighted by molar-refractivity contribution is 0.589.